The van der Waals surface area contributed by atoms with Crippen molar-refractivity contribution in [3.05, 3.63) is 72.8 Å². The molecule has 0 fully saturated rings. The molecule has 0 aromatic heterocycles. The number of sulfonamides is 1. The van der Waals surface area contributed by atoms with Gasteiger partial charge in [0.25, 0.3) is 10.0 Å². The maximum Gasteiger partial charge on any atom is 0.319 e. The number of ether oxygens (including phenoxy) is 2. The van der Waals surface area contributed by atoms with Crippen LogP contribution < -0.4 is 30.1 Å². The van der Waals surface area contributed by atoms with Crippen molar-refractivity contribution in [1.82, 2.24) is 5.32 Å². The van der Waals surface area contributed by atoms with Crippen LogP contribution in [0.2, 0.25) is 0 Å². The second-order valence-electron chi connectivity index (χ2n) is 6.92. The molecule has 0 atom stereocenters. The van der Waals surface area contributed by atoms with Crippen molar-refractivity contribution in [1.29, 1.82) is 0 Å². The number of methoxy groups -OCH3 is 2. The fourth-order valence-electron chi connectivity index (χ4n) is 2.90. The topological polar surface area (TPSA) is 135 Å². The van der Waals surface area contributed by atoms with Crippen LogP contribution in [0.3, 0.4) is 0 Å². The molecule has 0 spiro atoms. The number of anilines is 3. The van der Waals surface area contributed by atoms with Crippen LogP contribution in [0.15, 0.2) is 77.7 Å². The molecule has 178 valence electrons. The Morgan fingerprint density at radius 2 is 1.47 bits per heavy atom. The van der Waals surface area contributed by atoms with Crippen LogP contribution in [0.5, 0.6) is 11.5 Å². The highest BCUT2D eigenvalue weighted by molar-refractivity contribution is 7.92. The van der Waals surface area contributed by atoms with Gasteiger partial charge < -0.3 is 25.4 Å². The standard InChI is InChI=1S/C23H24N4O6S/c1-32-19-11-8-17(9-12-19)27-34(30,31)21-14-18(10-13-20(21)33-2)25-22(28)15-24-23(29)26-16-6-4-3-5-7-16/h3-14,27H,15H2,1-2H3,(H,25,28)(H2,24,26,29). The molecule has 0 aliphatic carbocycles. The highest BCUT2D eigenvalue weighted by atomic mass is 32.2. The highest BCUT2D eigenvalue weighted by Gasteiger charge is 2.21. The fourth-order valence-corrected chi connectivity index (χ4v) is 4.15. The Hall–Kier alpha value is -4.25. The third kappa shape index (κ3) is 6.62. The first kappa shape index (κ1) is 24.4. The summed E-state index contributed by atoms with van der Waals surface area (Å²) in [5.74, 6) is 0.135. The minimum absolute atomic E-state index is 0.0966. The van der Waals surface area contributed by atoms with Gasteiger partial charge in [0.2, 0.25) is 5.91 Å². The summed E-state index contributed by atoms with van der Waals surface area (Å²) in [5, 5.41) is 7.58. The number of rotatable bonds is 9. The van der Waals surface area contributed by atoms with Gasteiger partial charge in [-0.2, -0.15) is 0 Å². The number of hydrogen-bond donors (Lipinski definition) is 4. The van der Waals surface area contributed by atoms with Crippen molar-refractivity contribution in [3.8, 4) is 11.5 Å². The fraction of sp³-hybridized carbons (Fsp3) is 0.130. The van der Waals surface area contributed by atoms with E-state index in [4.69, 9.17) is 9.47 Å². The lowest BCUT2D eigenvalue weighted by Crippen LogP contribution is -2.35. The zero-order valence-electron chi connectivity index (χ0n) is 18.5. The summed E-state index contributed by atoms with van der Waals surface area (Å²) in [7, 11) is -1.19. The minimum Gasteiger partial charge on any atom is -0.497 e. The van der Waals surface area contributed by atoms with Gasteiger partial charge in [0, 0.05) is 17.1 Å². The molecular weight excluding hydrogens is 460 g/mol. The van der Waals surface area contributed by atoms with E-state index in [1.807, 2.05) is 6.07 Å². The summed E-state index contributed by atoms with van der Waals surface area (Å²) in [6.45, 7) is -0.323. The van der Waals surface area contributed by atoms with E-state index in [-0.39, 0.29) is 22.9 Å². The molecule has 0 heterocycles. The first-order chi connectivity index (χ1) is 16.3. The van der Waals surface area contributed by atoms with E-state index >= 15 is 0 Å². The highest BCUT2D eigenvalue weighted by Crippen LogP contribution is 2.29. The molecule has 10 nitrogen and oxygen atoms in total. The van der Waals surface area contributed by atoms with Gasteiger partial charge in [0.15, 0.2) is 0 Å². The third-order valence-electron chi connectivity index (χ3n) is 4.52. The van der Waals surface area contributed by atoms with Gasteiger partial charge in [-0.25, -0.2) is 13.2 Å². The van der Waals surface area contributed by atoms with Crippen molar-refractivity contribution < 1.29 is 27.5 Å². The molecule has 0 radical (unpaired) electrons. The van der Waals surface area contributed by atoms with Gasteiger partial charge in [0.1, 0.15) is 16.4 Å². The summed E-state index contributed by atoms with van der Waals surface area (Å²) in [4.78, 5) is 24.0. The van der Waals surface area contributed by atoms with Crippen LogP contribution in [0.4, 0.5) is 21.9 Å². The maximum absolute atomic E-state index is 13.0. The van der Waals surface area contributed by atoms with Crippen LogP contribution in [-0.2, 0) is 14.8 Å². The second kappa shape index (κ2) is 11.1. The van der Waals surface area contributed by atoms with E-state index in [1.165, 1.54) is 32.4 Å². The average molecular weight is 485 g/mol. The van der Waals surface area contributed by atoms with Gasteiger partial charge >= 0.3 is 6.03 Å². The predicted molar refractivity (Wildman–Crippen MR) is 129 cm³/mol. The monoisotopic (exact) mass is 484 g/mol. The molecule has 3 aromatic carbocycles. The van der Waals surface area contributed by atoms with Crippen molar-refractivity contribution in [2.24, 2.45) is 0 Å². The Morgan fingerprint density at radius 3 is 2.12 bits per heavy atom. The van der Waals surface area contributed by atoms with Gasteiger partial charge in [-0.3, -0.25) is 9.52 Å². The smallest absolute Gasteiger partial charge is 0.319 e. The summed E-state index contributed by atoms with van der Waals surface area (Å²) in [6, 6.07) is 18.7. The Kier molecular flexibility index (Phi) is 7.93. The van der Waals surface area contributed by atoms with E-state index in [0.29, 0.717) is 17.1 Å². The molecule has 3 aromatic rings. The van der Waals surface area contributed by atoms with E-state index in [2.05, 4.69) is 20.7 Å². The molecule has 3 rings (SSSR count). The Bertz CT molecular complexity index is 1250. The number of benzene rings is 3. The number of urea groups is 1. The first-order valence-corrected chi connectivity index (χ1v) is 11.5. The quantitative estimate of drug-likeness (QED) is 0.368. The zero-order valence-corrected chi connectivity index (χ0v) is 19.3. The van der Waals surface area contributed by atoms with E-state index in [1.54, 1.807) is 48.5 Å². The molecule has 4 N–H and O–H groups in total. The Labute approximate surface area is 197 Å². The SMILES string of the molecule is COc1ccc(NS(=O)(=O)c2cc(NC(=O)CNC(=O)Nc3ccccc3)ccc2OC)cc1. The van der Waals surface area contributed by atoms with Crippen LogP contribution in [-0.4, -0.2) is 41.1 Å². The molecule has 34 heavy (non-hydrogen) atoms. The van der Waals surface area contributed by atoms with Gasteiger partial charge in [-0.05, 0) is 54.6 Å². The molecule has 0 saturated carbocycles. The normalized spacial score (nSPS) is 10.6. The van der Waals surface area contributed by atoms with Crippen molar-refractivity contribution >= 4 is 39.0 Å². The number of hydrogen-bond acceptors (Lipinski definition) is 6. The zero-order chi connectivity index (χ0) is 24.6. The largest absolute Gasteiger partial charge is 0.497 e. The molecule has 0 aliphatic heterocycles. The summed E-state index contributed by atoms with van der Waals surface area (Å²) in [5.41, 5.74) is 1.12. The van der Waals surface area contributed by atoms with Crippen LogP contribution in [0.25, 0.3) is 0 Å². The Morgan fingerprint density at radius 1 is 0.794 bits per heavy atom. The molecular formula is C23H24N4O6S. The van der Waals surface area contributed by atoms with Gasteiger partial charge in [-0.15, -0.1) is 0 Å². The van der Waals surface area contributed by atoms with Crippen LogP contribution in [0, 0.1) is 0 Å². The van der Waals surface area contributed by atoms with Crippen LogP contribution in [0.1, 0.15) is 0 Å². The van der Waals surface area contributed by atoms with Gasteiger partial charge in [-0.1, -0.05) is 18.2 Å². The molecule has 0 saturated heterocycles. The van der Waals surface area contributed by atoms with Crippen molar-refractivity contribution in [2.75, 3.05) is 36.1 Å². The lowest BCUT2D eigenvalue weighted by atomic mass is 10.3. The summed E-state index contributed by atoms with van der Waals surface area (Å²) < 4.78 is 38.6. The summed E-state index contributed by atoms with van der Waals surface area (Å²) >= 11 is 0. The lowest BCUT2D eigenvalue weighted by Gasteiger charge is -2.14. The van der Waals surface area contributed by atoms with E-state index in [0.717, 1.165) is 0 Å². The molecule has 0 bridgehead atoms. The predicted octanol–water partition coefficient (Wildman–Crippen LogP) is 3.26. The summed E-state index contributed by atoms with van der Waals surface area (Å²) in [6.07, 6.45) is 0. The number of carbonyl (C=O) groups is 2. The number of carbonyl (C=O) groups excluding carboxylic acids is 2. The molecule has 0 aliphatic rings. The molecule has 11 heteroatoms. The number of amides is 3. The second-order valence-corrected chi connectivity index (χ2v) is 8.57. The third-order valence-corrected chi connectivity index (χ3v) is 5.92. The number of nitrogens with one attached hydrogen (secondary N) is 4. The van der Waals surface area contributed by atoms with Crippen molar-refractivity contribution in [3.63, 3.8) is 0 Å². The van der Waals surface area contributed by atoms with Crippen LogP contribution >= 0.6 is 0 Å². The first-order valence-electron chi connectivity index (χ1n) is 10.1. The lowest BCUT2D eigenvalue weighted by molar-refractivity contribution is -0.115. The van der Waals surface area contributed by atoms with E-state index < -0.39 is 22.0 Å². The Balaban J connectivity index is 1.66. The maximum atomic E-state index is 13.0. The van der Waals surface area contributed by atoms with Gasteiger partial charge in [0.05, 0.1) is 20.8 Å². The number of para-hydroxylation sites is 1. The molecule has 0 unspecified atom stereocenters. The van der Waals surface area contributed by atoms with Crippen molar-refractivity contribution in [2.45, 2.75) is 4.90 Å². The minimum atomic E-state index is -4.04. The molecule has 3 amide bonds. The van der Waals surface area contributed by atoms with E-state index in [9.17, 15) is 18.0 Å². The average Bonchev–Trinajstić information content (AvgIpc) is 2.83.